The fourth-order valence-corrected chi connectivity index (χ4v) is 2.44. The monoisotopic (exact) mass is 335 g/mol. The van der Waals surface area contributed by atoms with Crippen LogP contribution in [0.4, 0.5) is 4.39 Å². The predicted octanol–water partition coefficient (Wildman–Crippen LogP) is 2.92. The van der Waals surface area contributed by atoms with Crippen molar-refractivity contribution in [1.82, 2.24) is 4.98 Å². The number of nitrogens with one attached hydrogen (secondary N) is 1. The maximum absolute atomic E-state index is 13.3. The van der Waals surface area contributed by atoms with E-state index in [-0.39, 0.29) is 12.3 Å². The molecule has 1 heterocycles. The number of aromatic amines is 1. The number of rotatable bonds is 5. The number of methoxy groups -OCH3 is 2. The first kappa shape index (κ1) is 17.5. The smallest absolute Gasteiger partial charge is 0.355 e. The molecule has 128 valence electrons. The van der Waals surface area contributed by atoms with Gasteiger partial charge in [-0.1, -0.05) is 0 Å². The van der Waals surface area contributed by atoms with Gasteiger partial charge in [0, 0.05) is 11.3 Å². The number of aromatic nitrogens is 1. The first-order valence-electron chi connectivity index (χ1n) is 7.16. The van der Waals surface area contributed by atoms with Gasteiger partial charge in [-0.2, -0.15) is 0 Å². The summed E-state index contributed by atoms with van der Waals surface area (Å²) in [4.78, 5) is 26.8. The number of benzene rings is 1. The predicted molar refractivity (Wildman–Crippen MR) is 83.7 cm³/mol. The molecule has 2 rings (SSSR count). The zero-order valence-corrected chi connectivity index (χ0v) is 13.9. The molecular weight excluding hydrogens is 317 g/mol. The van der Waals surface area contributed by atoms with E-state index >= 15 is 0 Å². The van der Waals surface area contributed by atoms with Crippen molar-refractivity contribution in [2.24, 2.45) is 0 Å². The Labute approximate surface area is 138 Å². The van der Waals surface area contributed by atoms with Gasteiger partial charge >= 0.3 is 11.9 Å². The molecule has 1 aromatic heterocycles. The largest absolute Gasteiger partial charge is 0.496 e. The Bertz CT molecular complexity index is 782. The van der Waals surface area contributed by atoms with Gasteiger partial charge in [-0.15, -0.1) is 0 Å². The highest BCUT2D eigenvalue weighted by Gasteiger charge is 2.23. The number of carbonyl (C=O) groups is 2. The topological polar surface area (TPSA) is 77.6 Å². The number of halogens is 1. The van der Waals surface area contributed by atoms with E-state index in [9.17, 15) is 14.0 Å². The molecule has 6 nitrogen and oxygen atoms in total. The minimum atomic E-state index is -0.655. The Kier molecular flexibility index (Phi) is 5.23. The van der Waals surface area contributed by atoms with E-state index in [2.05, 4.69) is 4.98 Å². The zero-order valence-electron chi connectivity index (χ0n) is 13.9. The number of hydrogen-bond acceptors (Lipinski definition) is 5. The van der Waals surface area contributed by atoms with Crippen LogP contribution in [0.25, 0.3) is 0 Å². The molecular formula is C17H18FNO5. The van der Waals surface area contributed by atoms with Gasteiger partial charge in [0.2, 0.25) is 0 Å². The minimum absolute atomic E-state index is 0.156. The highest BCUT2D eigenvalue weighted by atomic mass is 19.1. The second-order valence-corrected chi connectivity index (χ2v) is 5.15. The lowest BCUT2D eigenvalue weighted by molar-refractivity contribution is 0.0462. The summed E-state index contributed by atoms with van der Waals surface area (Å²) in [5, 5.41) is 0. The quantitative estimate of drug-likeness (QED) is 0.850. The molecule has 0 saturated carbocycles. The van der Waals surface area contributed by atoms with Crippen molar-refractivity contribution in [3.63, 3.8) is 0 Å². The Morgan fingerprint density at radius 1 is 1.17 bits per heavy atom. The highest BCUT2D eigenvalue weighted by molar-refractivity contribution is 5.98. The molecule has 0 radical (unpaired) electrons. The van der Waals surface area contributed by atoms with E-state index in [1.807, 2.05) is 0 Å². The lowest BCUT2D eigenvalue weighted by Crippen LogP contribution is -2.09. The second kappa shape index (κ2) is 7.16. The van der Waals surface area contributed by atoms with Crippen molar-refractivity contribution >= 4 is 11.9 Å². The van der Waals surface area contributed by atoms with E-state index < -0.39 is 17.8 Å². The Morgan fingerprint density at radius 2 is 1.88 bits per heavy atom. The van der Waals surface area contributed by atoms with Gasteiger partial charge < -0.3 is 19.2 Å². The lowest BCUT2D eigenvalue weighted by atomic mass is 10.1. The summed E-state index contributed by atoms with van der Waals surface area (Å²) in [6.07, 6.45) is 0. The van der Waals surface area contributed by atoms with Crippen LogP contribution in [0.2, 0.25) is 0 Å². The van der Waals surface area contributed by atoms with Crippen molar-refractivity contribution in [3.8, 4) is 5.75 Å². The van der Waals surface area contributed by atoms with Crippen LogP contribution in [0.1, 0.15) is 37.7 Å². The summed E-state index contributed by atoms with van der Waals surface area (Å²) < 4.78 is 28.3. The van der Waals surface area contributed by atoms with Gasteiger partial charge in [-0.3, -0.25) is 0 Å². The Balaban J connectivity index is 2.20. The summed E-state index contributed by atoms with van der Waals surface area (Å²) in [5.74, 6) is -1.23. The normalized spacial score (nSPS) is 10.4. The summed E-state index contributed by atoms with van der Waals surface area (Å²) >= 11 is 0. The maximum Gasteiger partial charge on any atom is 0.355 e. The Morgan fingerprint density at radius 3 is 2.50 bits per heavy atom. The molecule has 0 aliphatic heterocycles. The maximum atomic E-state index is 13.3. The molecule has 0 aliphatic carbocycles. The number of H-pyrrole nitrogens is 1. The first-order chi connectivity index (χ1) is 11.4. The Hall–Kier alpha value is -2.83. The SMILES string of the molecule is COC(=O)c1c(C)[nH]c(C(=O)OCc2cc(F)ccc2OC)c1C. The average molecular weight is 335 g/mol. The number of ether oxygens (including phenoxy) is 3. The van der Waals surface area contributed by atoms with Gasteiger partial charge in [0.05, 0.1) is 19.8 Å². The molecule has 0 atom stereocenters. The van der Waals surface area contributed by atoms with E-state index in [0.717, 1.165) is 0 Å². The molecule has 0 aliphatic rings. The lowest BCUT2D eigenvalue weighted by Gasteiger charge is -2.09. The number of hydrogen-bond donors (Lipinski definition) is 1. The number of carbonyl (C=O) groups excluding carboxylic acids is 2. The summed E-state index contributed by atoms with van der Waals surface area (Å²) in [7, 11) is 2.71. The van der Waals surface area contributed by atoms with Gasteiger partial charge in [0.1, 0.15) is 23.9 Å². The fraction of sp³-hybridized carbons (Fsp3) is 0.294. The van der Waals surface area contributed by atoms with Crippen molar-refractivity contribution < 1.29 is 28.2 Å². The van der Waals surface area contributed by atoms with E-state index in [4.69, 9.17) is 14.2 Å². The molecule has 0 saturated heterocycles. The molecule has 0 unspecified atom stereocenters. The van der Waals surface area contributed by atoms with Crippen LogP contribution in [0.15, 0.2) is 18.2 Å². The number of esters is 2. The third-order valence-electron chi connectivity index (χ3n) is 3.63. The first-order valence-corrected chi connectivity index (χ1v) is 7.16. The fourth-order valence-electron chi connectivity index (χ4n) is 2.44. The van der Waals surface area contributed by atoms with Crippen LogP contribution in [0.3, 0.4) is 0 Å². The molecule has 0 fully saturated rings. The van der Waals surface area contributed by atoms with E-state index in [1.165, 1.54) is 32.4 Å². The van der Waals surface area contributed by atoms with Crippen LogP contribution in [0.5, 0.6) is 5.75 Å². The van der Waals surface area contributed by atoms with Crippen LogP contribution < -0.4 is 4.74 Å². The standard InChI is InChI=1S/C17H18FNO5/c1-9-14(16(20)23-4)10(2)19-15(9)17(21)24-8-11-7-12(18)5-6-13(11)22-3/h5-7,19H,8H2,1-4H3. The number of aryl methyl sites for hydroxylation is 1. The van der Waals surface area contributed by atoms with Crippen molar-refractivity contribution in [2.75, 3.05) is 14.2 Å². The van der Waals surface area contributed by atoms with Crippen LogP contribution >= 0.6 is 0 Å². The molecule has 2 aromatic rings. The molecule has 24 heavy (non-hydrogen) atoms. The van der Waals surface area contributed by atoms with E-state index in [1.54, 1.807) is 13.8 Å². The third-order valence-corrected chi connectivity index (χ3v) is 3.63. The molecule has 0 amide bonds. The average Bonchev–Trinajstić information content (AvgIpc) is 2.86. The molecule has 1 aromatic carbocycles. The van der Waals surface area contributed by atoms with Gasteiger partial charge in [0.25, 0.3) is 0 Å². The molecule has 0 bridgehead atoms. The van der Waals surface area contributed by atoms with Crippen LogP contribution in [-0.2, 0) is 16.1 Å². The van der Waals surface area contributed by atoms with Gasteiger partial charge in [-0.05, 0) is 37.6 Å². The van der Waals surface area contributed by atoms with E-state index in [0.29, 0.717) is 28.1 Å². The summed E-state index contributed by atoms with van der Waals surface area (Å²) in [6, 6.07) is 3.95. The van der Waals surface area contributed by atoms with Crippen LogP contribution in [0, 0.1) is 19.7 Å². The second-order valence-electron chi connectivity index (χ2n) is 5.15. The third kappa shape index (κ3) is 3.40. The highest BCUT2D eigenvalue weighted by Crippen LogP contribution is 2.23. The van der Waals surface area contributed by atoms with Crippen molar-refractivity contribution in [2.45, 2.75) is 20.5 Å². The molecule has 7 heteroatoms. The molecule has 1 N–H and O–H groups in total. The zero-order chi connectivity index (χ0) is 17.9. The summed E-state index contributed by atoms with van der Waals surface area (Å²) in [5.41, 5.74) is 1.81. The van der Waals surface area contributed by atoms with Gasteiger partial charge in [0.15, 0.2) is 0 Å². The van der Waals surface area contributed by atoms with Crippen molar-refractivity contribution in [3.05, 3.63) is 52.1 Å². The molecule has 0 spiro atoms. The van der Waals surface area contributed by atoms with Crippen molar-refractivity contribution in [1.29, 1.82) is 0 Å². The summed E-state index contributed by atoms with van der Waals surface area (Å²) in [6.45, 7) is 3.12. The minimum Gasteiger partial charge on any atom is -0.496 e. The van der Waals surface area contributed by atoms with Gasteiger partial charge in [-0.25, -0.2) is 14.0 Å². The van der Waals surface area contributed by atoms with Crippen LogP contribution in [-0.4, -0.2) is 31.1 Å².